The van der Waals surface area contributed by atoms with Gasteiger partial charge in [0.1, 0.15) is 12.6 Å². The van der Waals surface area contributed by atoms with Crippen molar-refractivity contribution in [2.75, 3.05) is 10.8 Å². The van der Waals surface area contributed by atoms with Crippen molar-refractivity contribution in [3.05, 3.63) is 130 Å². The van der Waals surface area contributed by atoms with E-state index in [0.717, 1.165) is 21.2 Å². The Kier molecular flexibility index (Phi) is 11.4. The second kappa shape index (κ2) is 15.2. The van der Waals surface area contributed by atoms with E-state index in [2.05, 4.69) is 21.2 Å². The summed E-state index contributed by atoms with van der Waals surface area (Å²) in [4.78, 5) is 29.9. The van der Waals surface area contributed by atoms with E-state index >= 15 is 0 Å². The molecule has 7 nitrogen and oxygen atoms in total. The first-order chi connectivity index (χ1) is 21.1. The van der Waals surface area contributed by atoms with Crippen LogP contribution in [-0.4, -0.2) is 43.8 Å². The van der Waals surface area contributed by atoms with Crippen LogP contribution in [0.3, 0.4) is 0 Å². The Morgan fingerprint density at radius 3 is 2.00 bits per heavy atom. The van der Waals surface area contributed by atoms with E-state index in [-0.39, 0.29) is 29.8 Å². The predicted octanol–water partition coefficient (Wildman–Crippen LogP) is 6.37. The Morgan fingerprint density at radius 1 is 0.795 bits per heavy atom. The third kappa shape index (κ3) is 8.36. The number of carbonyl (C=O) groups is 2. The van der Waals surface area contributed by atoms with E-state index in [4.69, 9.17) is 0 Å². The molecule has 9 heteroatoms. The molecule has 230 valence electrons. The summed E-state index contributed by atoms with van der Waals surface area (Å²) in [6, 6.07) is 31.3. The highest BCUT2D eigenvalue weighted by molar-refractivity contribution is 9.10. The van der Waals surface area contributed by atoms with E-state index in [1.807, 2.05) is 87.5 Å². The van der Waals surface area contributed by atoms with Crippen molar-refractivity contribution >= 4 is 43.5 Å². The van der Waals surface area contributed by atoms with E-state index in [0.29, 0.717) is 12.1 Å². The van der Waals surface area contributed by atoms with Crippen LogP contribution < -0.4 is 9.62 Å². The topological polar surface area (TPSA) is 86.8 Å². The van der Waals surface area contributed by atoms with Crippen LogP contribution in [0.4, 0.5) is 5.69 Å². The molecule has 0 aliphatic heterocycles. The minimum atomic E-state index is -4.14. The predicted molar refractivity (Wildman–Crippen MR) is 179 cm³/mol. The number of anilines is 1. The van der Waals surface area contributed by atoms with Crippen molar-refractivity contribution in [2.24, 2.45) is 0 Å². The second-order valence-electron chi connectivity index (χ2n) is 10.8. The van der Waals surface area contributed by atoms with Gasteiger partial charge in [0, 0.05) is 23.5 Å². The van der Waals surface area contributed by atoms with Gasteiger partial charge >= 0.3 is 0 Å². The fourth-order valence-electron chi connectivity index (χ4n) is 5.01. The lowest BCUT2D eigenvalue weighted by Crippen LogP contribution is -2.54. The van der Waals surface area contributed by atoms with Crippen LogP contribution in [0.1, 0.15) is 37.5 Å². The zero-order valence-corrected chi connectivity index (χ0v) is 27.6. The molecule has 0 unspecified atom stereocenters. The number of sulfonamides is 1. The molecule has 1 N–H and O–H groups in total. The Balaban J connectivity index is 1.82. The number of benzene rings is 4. The maximum atomic E-state index is 14.5. The molecule has 44 heavy (non-hydrogen) atoms. The summed E-state index contributed by atoms with van der Waals surface area (Å²) in [7, 11) is -4.14. The van der Waals surface area contributed by atoms with Crippen molar-refractivity contribution in [1.29, 1.82) is 0 Å². The van der Waals surface area contributed by atoms with Gasteiger partial charge < -0.3 is 10.2 Å². The molecule has 0 fully saturated rings. The van der Waals surface area contributed by atoms with Crippen molar-refractivity contribution in [2.45, 2.75) is 57.1 Å². The Morgan fingerprint density at radius 2 is 1.39 bits per heavy atom. The smallest absolute Gasteiger partial charge is 0.264 e. The van der Waals surface area contributed by atoms with Crippen LogP contribution in [0, 0.1) is 0 Å². The third-order valence-corrected chi connectivity index (χ3v) is 9.52. The molecule has 0 aromatic heterocycles. The highest BCUT2D eigenvalue weighted by atomic mass is 79.9. The Hall–Kier alpha value is -3.95. The number of hydrogen-bond donors (Lipinski definition) is 1. The number of hydrogen-bond acceptors (Lipinski definition) is 4. The molecule has 0 spiro atoms. The minimum Gasteiger partial charge on any atom is -0.352 e. The number of carbonyl (C=O) groups excluding carboxylic acids is 2. The molecular weight excluding hydrogens is 638 g/mol. The van der Waals surface area contributed by atoms with Crippen LogP contribution in [0.15, 0.2) is 119 Å². The largest absolute Gasteiger partial charge is 0.352 e. The standard InChI is InChI=1S/C35H38BrN3O4S/c1-4-29-15-11-12-18-32(29)39(44(42,43)31-16-9-6-10-17-31)25-34(40)38(24-28-19-21-30(36)22-20-28)33(35(41)37-26(2)3)23-27-13-7-5-8-14-27/h5-22,26,33H,4,23-25H2,1-3H3,(H,37,41)/t33-/m1/s1. The molecule has 0 saturated heterocycles. The van der Waals surface area contributed by atoms with Crippen molar-refractivity contribution in [3.63, 3.8) is 0 Å². The molecule has 1 atom stereocenters. The van der Waals surface area contributed by atoms with Crippen LogP contribution in [-0.2, 0) is 39.0 Å². The molecule has 0 radical (unpaired) electrons. The van der Waals surface area contributed by atoms with E-state index in [1.165, 1.54) is 21.3 Å². The lowest BCUT2D eigenvalue weighted by atomic mass is 10.0. The average Bonchev–Trinajstić information content (AvgIpc) is 3.02. The molecule has 0 heterocycles. The van der Waals surface area contributed by atoms with Gasteiger partial charge in [-0.3, -0.25) is 13.9 Å². The molecule has 0 bridgehead atoms. The van der Waals surface area contributed by atoms with Crippen LogP contribution in [0.5, 0.6) is 0 Å². The maximum Gasteiger partial charge on any atom is 0.264 e. The quantitative estimate of drug-likeness (QED) is 0.178. The summed E-state index contributed by atoms with van der Waals surface area (Å²) in [5.74, 6) is -0.793. The van der Waals surface area contributed by atoms with Crippen LogP contribution in [0.2, 0.25) is 0 Å². The lowest BCUT2D eigenvalue weighted by molar-refractivity contribution is -0.140. The van der Waals surface area contributed by atoms with Gasteiger partial charge in [-0.25, -0.2) is 8.42 Å². The first-order valence-electron chi connectivity index (χ1n) is 14.6. The molecule has 0 saturated carbocycles. The zero-order chi connectivity index (χ0) is 31.7. The number of nitrogens with zero attached hydrogens (tertiary/aromatic N) is 2. The Bertz CT molecular complexity index is 1650. The summed E-state index contributed by atoms with van der Waals surface area (Å²) in [6.45, 7) is 5.32. The first-order valence-corrected chi connectivity index (χ1v) is 16.9. The van der Waals surface area contributed by atoms with Gasteiger partial charge in [0.25, 0.3) is 10.0 Å². The van der Waals surface area contributed by atoms with Crippen molar-refractivity contribution < 1.29 is 18.0 Å². The maximum absolute atomic E-state index is 14.5. The molecule has 4 aromatic rings. The molecule has 4 aromatic carbocycles. The number of para-hydroxylation sites is 1. The van der Waals surface area contributed by atoms with Gasteiger partial charge in [-0.15, -0.1) is 0 Å². The van der Waals surface area contributed by atoms with E-state index in [1.54, 1.807) is 30.3 Å². The van der Waals surface area contributed by atoms with Gasteiger partial charge in [0.15, 0.2) is 0 Å². The molecular formula is C35H38BrN3O4S. The normalized spacial score (nSPS) is 12.0. The number of aryl methyl sites for hydroxylation is 1. The number of amides is 2. The number of nitrogens with one attached hydrogen (secondary N) is 1. The van der Waals surface area contributed by atoms with Gasteiger partial charge in [0.05, 0.1) is 10.6 Å². The fourth-order valence-corrected chi connectivity index (χ4v) is 6.74. The summed E-state index contributed by atoms with van der Waals surface area (Å²) in [5.41, 5.74) is 2.91. The summed E-state index contributed by atoms with van der Waals surface area (Å²) < 4.78 is 30.4. The number of halogens is 1. The third-order valence-electron chi connectivity index (χ3n) is 7.22. The monoisotopic (exact) mass is 675 g/mol. The molecule has 0 aliphatic rings. The lowest BCUT2D eigenvalue weighted by Gasteiger charge is -2.34. The highest BCUT2D eigenvalue weighted by Gasteiger charge is 2.35. The van der Waals surface area contributed by atoms with E-state index in [9.17, 15) is 18.0 Å². The molecule has 4 rings (SSSR count). The number of rotatable bonds is 13. The van der Waals surface area contributed by atoms with Gasteiger partial charge in [0.2, 0.25) is 11.8 Å². The van der Waals surface area contributed by atoms with E-state index < -0.39 is 28.5 Å². The molecule has 0 aliphatic carbocycles. The summed E-state index contributed by atoms with van der Waals surface area (Å²) in [5, 5.41) is 2.98. The van der Waals surface area contributed by atoms with Crippen LogP contribution in [0.25, 0.3) is 0 Å². The second-order valence-corrected chi connectivity index (χ2v) is 13.6. The van der Waals surface area contributed by atoms with Crippen molar-refractivity contribution in [3.8, 4) is 0 Å². The Labute approximate surface area is 269 Å². The van der Waals surface area contributed by atoms with Crippen LogP contribution >= 0.6 is 15.9 Å². The van der Waals surface area contributed by atoms with Gasteiger partial charge in [-0.2, -0.15) is 0 Å². The fraction of sp³-hybridized carbons (Fsp3) is 0.257. The first kappa shape index (κ1) is 33.0. The average molecular weight is 677 g/mol. The summed E-state index contributed by atoms with van der Waals surface area (Å²) in [6.07, 6.45) is 0.833. The highest BCUT2D eigenvalue weighted by Crippen LogP contribution is 2.28. The van der Waals surface area contributed by atoms with Crippen molar-refractivity contribution in [1.82, 2.24) is 10.2 Å². The van der Waals surface area contributed by atoms with Gasteiger partial charge in [-0.05, 0) is 67.3 Å². The molecule has 2 amide bonds. The summed E-state index contributed by atoms with van der Waals surface area (Å²) >= 11 is 3.46. The minimum absolute atomic E-state index is 0.0801. The SMILES string of the molecule is CCc1ccccc1N(CC(=O)N(Cc1ccc(Br)cc1)[C@H](Cc1ccccc1)C(=O)NC(C)C)S(=O)(=O)c1ccccc1. The zero-order valence-electron chi connectivity index (χ0n) is 25.2. The van der Waals surface area contributed by atoms with Gasteiger partial charge in [-0.1, -0.05) is 102 Å².